The molecule has 0 aliphatic heterocycles. The maximum atomic E-state index is 6.43. The van der Waals surface area contributed by atoms with E-state index in [0.717, 1.165) is 6.42 Å². The van der Waals surface area contributed by atoms with Gasteiger partial charge in [-0.25, -0.2) is 9.98 Å². The van der Waals surface area contributed by atoms with E-state index in [1.807, 2.05) is 24.3 Å². The van der Waals surface area contributed by atoms with Crippen molar-refractivity contribution in [2.24, 2.45) is 9.98 Å². The van der Waals surface area contributed by atoms with Crippen molar-refractivity contribution in [3.63, 3.8) is 0 Å². The average molecular weight is 395 g/mol. The van der Waals surface area contributed by atoms with Crippen molar-refractivity contribution < 1.29 is 4.43 Å². The minimum Gasteiger partial charge on any atom is -0.415 e. The van der Waals surface area contributed by atoms with Gasteiger partial charge in [-0.1, -0.05) is 81.4 Å². The van der Waals surface area contributed by atoms with E-state index in [2.05, 4.69) is 93.2 Å². The van der Waals surface area contributed by atoms with E-state index in [1.54, 1.807) is 0 Å². The fourth-order valence-corrected chi connectivity index (χ4v) is 3.60. The van der Waals surface area contributed by atoms with Crippen molar-refractivity contribution >= 4 is 14.3 Å². The molecule has 0 N–H and O–H groups in total. The number of rotatable bonds is 8. The molecule has 0 saturated carbocycles. The largest absolute Gasteiger partial charge is 0.415 e. The van der Waals surface area contributed by atoms with Gasteiger partial charge in [0.2, 0.25) is 0 Å². The third-order valence-electron chi connectivity index (χ3n) is 5.53. The quantitative estimate of drug-likeness (QED) is 0.369. The van der Waals surface area contributed by atoms with Crippen LogP contribution in [0.15, 0.2) is 70.6 Å². The molecule has 150 valence electrons. The highest BCUT2D eigenvalue weighted by Gasteiger charge is 2.37. The van der Waals surface area contributed by atoms with E-state index in [0.29, 0.717) is 6.61 Å². The van der Waals surface area contributed by atoms with Gasteiger partial charge >= 0.3 is 0 Å². The van der Waals surface area contributed by atoms with Gasteiger partial charge in [0.1, 0.15) is 0 Å². The van der Waals surface area contributed by atoms with Crippen LogP contribution in [0.25, 0.3) is 0 Å². The van der Waals surface area contributed by atoms with Crippen LogP contribution >= 0.6 is 0 Å². The van der Waals surface area contributed by atoms with Crippen LogP contribution in [0.1, 0.15) is 44.9 Å². The van der Waals surface area contributed by atoms with Crippen LogP contribution in [0.2, 0.25) is 18.1 Å². The summed E-state index contributed by atoms with van der Waals surface area (Å²) in [4.78, 5) is 9.16. The molecule has 0 unspecified atom stereocenters. The summed E-state index contributed by atoms with van der Waals surface area (Å²) in [6.45, 7) is 14.0. The maximum Gasteiger partial charge on any atom is 0.192 e. The topological polar surface area (TPSA) is 34.0 Å². The molecule has 0 aliphatic carbocycles. The lowest BCUT2D eigenvalue weighted by atomic mass is 10.1. The van der Waals surface area contributed by atoms with Crippen LogP contribution in [0, 0.1) is 0 Å². The molecule has 3 nitrogen and oxygen atoms in total. The molecule has 0 aromatic heterocycles. The first-order valence-electron chi connectivity index (χ1n) is 10.1. The molecule has 0 saturated heterocycles. The molecule has 4 heteroatoms. The maximum absolute atomic E-state index is 6.43. The Hall–Kier alpha value is -2.00. The molecular weight excluding hydrogens is 360 g/mol. The Morgan fingerprint density at radius 3 is 2.07 bits per heavy atom. The van der Waals surface area contributed by atoms with Gasteiger partial charge in [0.15, 0.2) is 8.32 Å². The summed E-state index contributed by atoms with van der Waals surface area (Å²) in [5, 5.41) is 0.184. The Morgan fingerprint density at radius 2 is 1.50 bits per heavy atom. The number of hydrogen-bond donors (Lipinski definition) is 0. The van der Waals surface area contributed by atoms with Gasteiger partial charge in [-0.15, -0.1) is 0 Å². The van der Waals surface area contributed by atoms with Gasteiger partial charge in [0.25, 0.3) is 0 Å². The zero-order valence-corrected chi connectivity index (χ0v) is 19.1. The lowest BCUT2D eigenvalue weighted by Gasteiger charge is -2.36. The van der Waals surface area contributed by atoms with Crippen LogP contribution in [0.5, 0.6) is 0 Å². The summed E-state index contributed by atoms with van der Waals surface area (Å²) in [5.41, 5.74) is 2.43. The van der Waals surface area contributed by atoms with Crippen molar-refractivity contribution in [2.75, 3.05) is 6.61 Å². The monoisotopic (exact) mass is 394 g/mol. The molecule has 0 heterocycles. The van der Waals surface area contributed by atoms with Crippen LogP contribution < -0.4 is 0 Å². The Kier molecular flexibility index (Phi) is 7.94. The van der Waals surface area contributed by atoms with Crippen LogP contribution in [-0.2, 0) is 10.8 Å². The summed E-state index contributed by atoms with van der Waals surface area (Å²) in [5.74, 6) is 0. The molecule has 0 amide bonds. The molecule has 28 heavy (non-hydrogen) atoms. The van der Waals surface area contributed by atoms with Crippen molar-refractivity contribution in [3.8, 4) is 0 Å². The van der Waals surface area contributed by atoms with E-state index >= 15 is 0 Å². The molecular formula is C24H34N2OSi. The third-order valence-corrected chi connectivity index (χ3v) is 10.0. The van der Waals surface area contributed by atoms with Gasteiger partial charge in [-0.3, -0.25) is 0 Å². The predicted molar refractivity (Wildman–Crippen MR) is 122 cm³/mol. The van der Waals surface area contributed by atoms with Gasteiger partial charge in [0.05, 0.1) is 24.7 Å². The van der Waals surface area contributed by atoms with Gasteiger partial charge in [-0.05, 0) is 42.6 Å². The van der Waals surface area contributed by atoms with Crippen molar-refractivity contribution in [1.29, 1.82) is 0 Å². The highest BCUT2D eigenvalue weighted by molar-refractivity contribution is 6.74. The molecule has 2 atom stereocenters. The first-order chi connectivity index (χ1) is 13.2. The first kappa shape index (κ1) is 22.3. The summed E-state index contributed by atoms with van der Waals surface area (Å²) < 4.78 is 6.43. The van der Waals surface area contributed by atoms with E-state index in [9.17, 15) is 0 Å². The molecule has 0 spiro atoms. The second-order valence-corrected chi connectivity index (χ2v) is 13.7. The highest BCUT2D eigenvalue weighted by atomic mass is 28.4. The second kappa shape index (κ2) is 9.97. The van der Waals surface area contributed by atoms with Crippen LogP contribution in [-0.4, -0.2) is 27.0 Å². The lowest BCUT2D eigenvalue weighted by molar-refractivity contribution is 0.263. The van der Waals surface area contributed by atoms with E-state index in [1.165, 1.54) is 11.1 Å². The smallest absolute Gasteiger partial charge is 0.192 e. The highest BCUT2D eigenvalue weighted by Crippen LogP contribution is 2.36. The van der Waals surface area contributed by atoms with Gasteiger partial charge < -0.3 is 4.43 Å². The Morgan fingerprint density at radius 1 is 0.929 bits per heavy atom. The molecule has 0 fully saturated rings. The normalized spacial score (nSPS) is 14.1. The number of aliphatic imine (C=N–C) groups is 2. The van der Waals surface area contributed by atoms with Gasteiger partial charge in [0, 0.05) is 0 Å². The lowest BCUT2D eigenvalue weighted by Crippen LogP contribution is -2.42. The molecule has 0 radical (unpaired) electrons. The molecule has 2 rings (SSSR count). The second-order valence-electron chi connectivity index (χ2n) is 8.86. The molecule has 2 aromatic rings. The van der Waals surface area contributed by atoms with Crippen molar-refractivity contribution in [2.45, 2.75) is 64.3 Å². The zero-order valence-electron chi connectivity index (χ0n) is 18.1. The number of benzene rings is 2. The van der Waals surface area contributed by atoms with E-state index in [4.69, 9.17) is 4.43 Å². The van der Waals surface area contributed by atoms with Crippen LogP contribution in [0.4, 0.5) is 0 Å². The molecule has 0 bridgehead atoms. The summed E-state index contributed by atoms with van der Waals surface area (Å²) in [6, 6.07) is 23.7. The molecule has 2 aromatic carbocycles. The Labute approximate surface area is 171 Å². The minimum absolute atomic E-state index is 0.0169. The summed E-state index contributed by atoms with van der Waals surface area (Å²) >= 11 is 0. The van der Waals surface area contributed by atoms with Gasteiger partial charge in [-0.2, -0.15) is 0 Å². The third kappa shape index (κ3) is 6.86. The molecule has 0 aliphatic rings. The standard InChI is InChI=1S/C24H34N2OSi/c1-20(22-15-11-8-12-16-22)25-19-26-23(17-21-13-9-7-10-14-21)18-27-28(5,6)24(2,3)4/h7-16,20,23H,17-18H2,1-6H3/t20-,23-/m0/s1. The fraction of sp³-hybridized carbons (Fsp3) is 0.458. The minimum atomic E-state index is -1.82. The number of hydrogen-bond acceptors (Lipinski definition) is 3. The van der Waals surface area contributed by atoms with E-state index < -0.39 is 8.32 Å². The fourth-order valence-electron chi connectivity index (χ4n) is 2.56. The Balaban J connectivity index is 2.12. The summed E-state index contributed by atoms with van der Waals surface area (Å²) in [7, 11) is -1.82. The predicted octanol–water partition coefficient (Wildman–Crippen LogP) is 6.55. The average Bonchev–Trinajstić information content (AvgIpc) is 2.66. The van der Waals surface area contributed by atoms with E-state index in [-0.39, 0.29) is 17.1 Å². The van der Waals surface area contributed by atoms with Crippen molar-refractivity contribution in [3.05, 3.63) is 71.8 Å². The Bertz CT molecular complexity index is 775. The zero-order chi connectivity index (χ0) is 20.6. The summed E-state index contributed by atoms with van der Waals surface area (Å²) in [6.07, 6.45) is 0.831. The number of nitrogens with zero attached hydrogens (tertiary/aromatic N) is 2. The van der Waals surface area contributed by atoms with Crippen LogP contribution in [0.3, 0.4) is 0 Å². The van der Waals surface area contributed by atoms with Crippen molar-refractivity contribution in [1.82, 2.24) is 0 Å². The SMILES string of the molecule is C[C@H](N=C=N[C@H](CO[Si](C)(C)C(C)(C)C)Cc1ccccc1)c1ccccc1. The first-order valence-corrected chi connectivity index (χ1v) is 13.0.